The molecule has 2 aliphatic rings. The van der Waals surface area contributed by atoms with Gasteiger partial charge in [0.2, 0.25) is 5.91 Å². The number of carboxylic acid groups (broad SMARTS) is 1. The third-order valence-corrected chi connectivity index (χ3v) is 5.38. The van der Waals surface area contributed by atoms with Crippen LogP contribution in [0.1, 0.15) is 55.4 Å². The summed E-state index contributed by atoms with van der Waals surface area (Å²) in [5.41, 5.74) is -0.0363. The molecule has 1 N–H and O–H groups in total. The van der Waals surface area contributed by atoms with Crippen molar-refractivity contribution in [3.63, 3.8) is 0 Å². The normalized spacial score (nSPS) is 22.6. The van der Waals surface area contributed by atoms with Crippen LogP contribution in [0.25, 0.3) is 0 Å². The Kier molecular flexibility index (Phi) is 6.60. The minimum Gasteiger partial charge on any atom is -0.476 e. The van der Waals surface area contributed by atoms with Crippen molar-refractivity contribution in [1.82, 2.24) is 24.8 Å². The number of hydrogen-bond donors (Lipinski definition) is 1. The van der Waals surface area contributed by atoms with E-state index in [9.17, 15) is 9.59 Å². The van der Waals surface area contributed by atoms with Crippen LogP contribution in [0.5, 0.6) is 0 Å². The molecule has 0 aliphatic carbocycles. The van der Waals surface area contributed by atoms with Crippen molar-refractivity contribution in [2.45, 2.75) is 51.5 Å². The summed E-state index contributed by atoms with van der Waals surface area (Å²) in [6, 6.07) is 0. The van der Waals surface area contributed by atoms with Gasteiger partial charge in [0, 0.05) is 19.6 Å². The lowest BCUT2D eigenvalue weighted by molar-refractivity contribution is -0.134. The fraction of sp³-hybridized carbons (Fsp3) is 0.778. The Hall–Kier alpha value is -1.96. The summed E-state index contributed by atoms with van der Waals surface area (Å²) < 4.78 is 1.58. The number of aromatic carboxylic acids is 1. The van der Waals surface area contributed by atoms with Gasteiger partial charge in [-0.2, -0.15) is 0 Å². The summed E-state index contributed by atoms with van der Waals surface area (Å²) in [6.07, 6.45) is 9.71. The van der Waals surface area contributed by atoms with Gasteiger partial charge < -0.3 is 10.0 Å². The van der Waals surface area contributed by atoms with Crippen LogP contribution < -0.4 is 0 Å². The first-order chi connectivity index (χ1) is 12.6. The number of aromatic nitrogens is 3. The van der Waals surface area contributed by atoms with Crippen LogP contribution in [0.15, 0.2) is 6.20 Å². The molecule has 0 unspecified atom stereocenters. The molecule has 0 spiro atoms. The fourth-order valence-corrected chi connectivity index (χ4v) is 3.95. The van der Waals surface area contributed by atoms with Gasteiger partial charge in [-0.15, -0.1) is 5.10 Å². The van der Waals surface area contributed by atoms with E-state index in [2.05, 4.69) is 15.2 Å². The summed E-state index contributed by atoms with van der Waals surface area (Å²) in [6.45, 7) is 4.72. The first-order valence-corrected chi connectivity index (χ1v) is 9.75. The van der Waals surface area contributed by atoms with Gasteiger partial charge in [0.05, 0.1) is 12.7 Å². The maximum absolute atomic E-state index is 12.7. The SMILES string of the molecule is O=C(O)c1cn(C[C@@H]2CCCN(C(=O)CN3CCCCCCC3)C2)nn1. The maximum Gasteiger partial charge on any atom is 0.358 e. The van der Waals surface area contributed by atoms with Crippen molar-refractivity contribution >= 4 is 11.9 Å². The highest BCUT2D eigenvalue weighted by molar-refractivity contribution is 5.84. The zero-order valence-electron chi connectivity index (χ0n) is 15.3. The molecule has 1 atom stereocenters. The Labute approximate surface area is 154 Å². The predicted octanol–water partition coefficient (Wildman–Crippen LogP) is 1.48. The second-order valence-electron chi connectivity index (χ2n) is 7.52. The molecule has 0 radical (unpaired) electrons. The molecule has 0 bridgehead atoms. The van der Waals surface area contributed by atoms with Crippen molar-refractivity contribution in [2.24, 2.45) is 5.92 Å². The predicted molar refractivity (Wildman–Crippen MR) is 95.8 cm³/mol. The smallest absolute Gasteiger partial charge is 0.358 e. The van der Waals surface area contributed by atoms with E-state index in [1.54, 1.807) is 4.68 Å². The van der Waals surface area contributed by atoms with Crippen LogP contribution in [-0.2, 0) is 11.3 Å². The van der Waals surface area contributed by atoms with Crippen LogP contribution in [0.3, 0.4) is 0 Å². The molecule has 0 aromatic carbocycles. The highest BCUT2D eigenvalue weighted by Crippen LogP contribution is 2.19. The second-order valence-corrected chi connectivity index (χ2v) is 7.52. The van der Waals surface area contributed by atoms with Crippen LogP contribution in [-0.4, -0.2) is 74.5 Å². The van der Waals surface area contributed by atoms with Gasteiger partial charge in [-0.1, -0.05) is 24.5 Å². The Morgan fingerprint density at radius 2 is 1.81 bits per heavy atom. The van der Waals surface area contributed by atoms with Gasteiger partial charge >= 0.3 is 5.97 Å². The number of carbonyl (C=O) groups excluding carboxylic acids is 1. The third-order valence-electron chi connectivity index (χ3n) is 5.38. The first-order valence-electron chi connectivity index (χ1n) is 9.75. The Bertz CT molecular complexity index is 610. The fourth-order valence-electron chi connectivity index (χ4n) is 3.95. The van der Waals surface area contributed by atoms with E-state index in [0.717, 1.165) is 39.0 Å². The highest BCUT2D eigenvalue weighted by atomic mass is 16.4. The van der Waals surface area contributed by atoms with Crippen molar-refractivity contribution in [3.8, 4) is 0 Å². The van der Waals surface area contributed by atoms with E-state index >= 15 is 0 Å². The Balaban J connectivity index is 1.50. The second kappa shape index (κ2) is 9.12. The lowest BCUT2D eigenvalue weighted by Crippen LogP contribution is -2.46. The van der Waals surface area contributed by atoms with E-state index in [4.69, 9.17) is 5.11 Å². The molecule has 8 nitrogen and oxygen atoms in total. The molecular formula is C18H29N5O3. The minimum absolute atomic E-state index is 0.0363. The molecule has 2 saturated heterocycles. The minimum atomic E-state index is -1.06. The number of hydrogen-bond acceptors (Lipinski definition) is 5. The zero-order valence-corrected chi connectivity index (χ0v) is 15.3. The van der Waals surface area contributed by atoms with Gasteiger partial charge in [-0.3, -0.25) is 14.4 Å². The molecule has 2 fully saturated rings. The third kappa shape index (κ3) is 5.27. The van der Waals surface area contributed by atoms with Gasteiger partial charge in [0.25, 0.3) is 0 Å². The number of amides is 1. The monoisotopic (exact) mass is 363 g/mol. The summed E-state index contributed by atoms with van der Waals surface area (Å²) in [5, 5.41) is 16.5. The van der Waals surface area contributed by atoms with Crippen LogP contribution >= 0.6 is 0 Å². The molecule has 3 heterocycles. The number of rotatable bonds is 5. The highest BCUT2D eigenvalue weighted by Gasteiger charge is 2.25. The van der Waals surface area contributed by atoms with Crippen molar-refractivity contribution in [2.75, 3.05) is 32.7 Å². The van der Waals surface area contributed by atoms with E-state index in [1.165, 1.54) is 38.3 Å². The van der Waals surface area contributed by atoms with E-state index in [0.29, 0.717) is 19.0 Å². The average molecular weight is 363 g/mol. The molecule has 3 rings (SSSR count). The number of carboxylic acids is 1. The largest absolute Gasteiger partial charge is 0.476 e. The first kappa shape index (κ1) is 18.8. The van der Waals surface area contributed by atoms with Crippen LogP contribution in [0, 0.1) is 5.92 Å². The molecule has 26 heavy (non-hydrogen) atoms. The Morgan fingerprint density at radius 3 is 2.50 bits per heavy atom. The average Bonchev–Trinajstić information content (AvgIpc) is 3.06. The molecular weight excluding hydrogens is 334 g/mol. The number of piperidine rings is 1. The summed E-state index contributed by atoms with van der Waals surface area (Å²) in [5.74, 6) is -0.548. The van der Waals surface area contributed by atoms with Crippen LogP contribution in [0.4, 0.5) is 0 Å². The summed E-state index contributed by atoms with van der Waals surface area (Å²) >= 11 is 0. The van der Waals surface area contributed by atoms with Gasteiger partial charge in [-0.25, -0.2) is 4.79 Å². The lowest BCUT2D eigenvalue weighted by atomic mass is 9.98. The molecule has 1 amide bonds. The van der Waals surface area contributed by atoms with Crippen molar-refractivity contribution in [1.29, 1.82) is 0 Å². The maximum atomic E-state index is 12.7. The lowest BCUT2D eigenvalue weighted by Gasteiger charge is -2.34. The number of likely N-dealkylation sites (tertiary alicyclic amines) is 2. The molecule has 8 heteroatoms. The quantitative estimate of drug-likeness (QED) is 0.852. The molecule has 1 aromatic rings. The molecule has 2 aliphatic heterocycles. The Morgan fingerprint density at radius 1 is 1.08 bits per heavy atom. The topological polar surface area (TPSA) is 91.6 Å². The van der Waals surface area contributed by atoms with E-state index in [1.807, 2.05) is 4.90 Å². The van der Waals surface area contributed by atoms with Crippen LogP contribution in [0.2, 0.25) is 0 Å². The van der Waals surface area contributed by atoms with Gasteiger partial charge in [-0.05, 0) is 44.7 Å². The molecule has 144 valence electrons. The van der Waals surface area contributed by atoms with E-state index in [-0.39, 0.29) is 11.6 Å². The van der Waals surface area contributed by atoms with Crippen molar-refractivity contribution < 1.29 is 14.7 Å². The van der Waals surface area contributed by atoms with Gasteiger partial charge in [0.15, 0.2) is 5.69 Å². The zero-order chi connectivity index (χ0) is 18.4. The number of carbonyl (C=O) groups is 2. The molecule has 1 aromatic heterocycles. The van der Waals surface area contributed by atoms with E-state index < -0.39 is 5.97 Å². The number of nitrogens with zero attached hydrogens (tertiary/aromatic N) is 5. The van der Waals surface area contributed by atoms with Crippen molar-refractivity contribution in [3.05, 3.63) is 11.9 Å². The van der Waals surface area contributed by atoms with Gasteiger partial charge in [0.1, 0.15) is 0 Å². The summed E-state index contributed by atoms with van der Waals surface area (Å²) in [7, 11) is 0. The standard InChI is InChI=1S/C18H29N5O3/c24-17(14-21-8-4-2-1-3-5-9-21)22-10-6-7-15(11-22)12-23-13-16(18(25)26)19-20-23/h13,15H,1-12,14H2,(H,25,26)/t15-/m1/s1. The summed E-state index contributed by atoms with van der Waals surface area (Å²) in [4.78, 5) is 27.9. The molecule has 0 saturated carbocycles.